The first-order valence-corrected chi connectivity index (χ1v) is 6.01. The van der Waals surface area contributed by atoms with Gasteiger partial charge >= 0.3 is 0 Å². The Kier molecular flexibility index (Phi) is 2.80. The number of fused-ring (bicyclic) bond motifs is 1. The molecule has 1 amide bonds. The van der Waals surface area contributed by atoms with Crippen LogP contribution in [0.3, 0.4) is 0 Å². The quantitative estimate of drug-likeness (QED) is 0.837. The summed E-state index contributed by atoms with van der Waals surface area (Å²) in [7, 11) is 0. The summed E-state index contributed by atoms with van der Waals surface area (Å²) in [5.74, 6) is 0.812. The number of nitrogens with zero attached hydrogens (tertiary/aromatic N) is 2. The molecular weight excluding hydrogens is 228 g/mol. The van der Waals surface area contributed by atoms with E-state index in [4.69, 9.17) is 0 Å². The van der Waals surface area contributed by atoms with Gasteiger partial charge in [0.15, 0.2) is 0 Å². The monoisotopic (exact) mass is 242 g/mol. The van der Waals surface area contributed by atoms with Gasteiger partial charge in [-0.05, 0) is 24.0 Å². The number of hydrogen-bond acceptors (Lipinski definition) is 3. The van der Waals surface area contributed by atoms with E-state index >= 15 is 0 Å². The number of amides is 1. The van der Waals surface area contributed by atoms with Crippen LogP contribution in [0, 0.1) is 5.92 Å². The zero-order valence-electron chi connectivity index (χ0n) is 9.89. The van der Waals surface area contributed by atoms with E-state index in [1.807, 2.05) is 12.1 Å². The number of benzene rings is 1. The van der Waals surface area contributed by atoms with Gasteiger partial charge in [-0.1, -0.05) is 24.3 Å². The third-order valence-corrected chi connectivity index (χ3v) is 3.32. The normalized spacial score (nSPS) is 14.4. The van der Waals surface area contributed by atoms with E-state index in [0.29, 0.717) is 12.4 Å². The van der Waals surface area contributed by atoms with Gasteiger partial charge in [-0.3, -0.25) is 9.89 Å². The van der Waals surface area contributed by atoms with Gasteiger partial charge in [-0.25, -0.2) is 4.98 Å². The van der Waals surface area contributed by atoms with Gasteiger partial charge in [0.05, 0.1) is 6.54 Å². The zero-order chi connectivity index (χ0) is 12.4. The highest BCUT2D eigenvalue weighted by molar-refractivity contribution is 5.80. The van der Waals surface area contributed by atoms with Gasteiger partial charge in [0.2, 0.25) is 5.91 Å². The Labute approximate surface area is 105 Å². The second-order valence-electron chi connectivity index (χ2n) is 4.52. The summed E-state index contributed by atoms with van der Waals surface area (Å²) in [4.78, 5) is 16.0. The highest BCUT2D eigenvalue weighted by Gasteiger charge is 2.26. The number of aromatic nitrogens is 3. The summed E-state index contributed by atoms with van der Waals surface area (Å²) in [5, 5.41) is 9.36. The summed E-state index contributed by atoms with van der Waals surface area (Å²) < 4.78 is 0. The SMILES string of the molecule is O=C(NCc1ncn[nH]1)C1Cc2ccccc2C1. The molecule has 0 saturated heterocycles. The molecule has 2 N–H and O–H groups in total. The molecule has 0 fully saturated rings. The van der Waals surface area contributed by atoms with Crippen LogP contribution in [-0.2, 0) is 24.2 Å². The smallest absolute Gasteiger partial charge is 0.224 e. The van der Waals surface area contributed by atoms with Crippen molar-refractivity contribution in [3.05, 3.63) is 47.5 Å². The number of nitrogens with one attached hydrogen (secondary N) is 2. The van der Waals surface area contributed by atoms with Crippen molar-refractivity contribution in [1.29, 1.82) is 0 Å². The van der Waals surface area contributed by atoms with Crippen LogP contribution < -0.4 is 5.32 Å². The maximum atomic E-state index is 12.0. The molecule has 0 radical (unpaired) electrons. The molecule has 5 nitrogen and oxygen atoms in total. The van der Waals surface area contributed by atoms with Crippen molar-refractivity contribution in [3.63, 3.8) is 0 Å². The molecule has 2 aromatic rings. The average molecular weight is 242 g/mol. The molecule has 1 aliphatic rings. The lowest BCUT2D eigenvalue weighted by molar-refractivity contribution is -0.124. The van der Waals surface area contributed by atoms with Crippen LogP contribution in [0.5, 0.6) is 0 Å². The maximum Gasteiger partial charge on any atom is 0.224 e. The van der Waals surface area contributed by atoms with Crippen molar-refractivity contribution < 1.29 is 4.79 Å². The molecule has 18 heavy (non-hydrogen) atoms. The first kappa shape index (κ1) is 11.0. The van der Waals surface area contributed by atoms with E-state index < -0.39 is 0 Å². The third kappa shape index (κ3) is 2.11. The Morgan fingerprint density at radius 3 is 2.67 bits per heavy atom. The van der Waals surface area contributed by atoms with Gasteiger partial charge in [0.25, 0.3) is 0 Å². The van der Waals surface area contributed by atoms with E-state index in [0.717, 1.165) is 12.8 Å². The number of carbonyl (C=O) groups is 1. The predicted octanol–water partition coefficient (Wildman–Crippen LogP) is 0.836. The van der Waals surface area contributed by atoms with Gasteiger partial charge in [0, 0.05) is 5.92 Å². The highest BCUT2D eigenvalue weighted by atomic mass is 16.1. The summed E-state index contributed by atoms with van der Waals surface area (Å²) in [6.45, 7) is 0.408. The Morgan fingerprint density at radius 1 is 1.33 bits per heavy atom. The molecule has 0 spiro atoms. The van der Waals surface area contributed by atoms with Gasteiger partial charge in [-0.2, -0.15) is 5.10 Å². The second kappa shape index (κ2) is 4.60. The van der Waals surface area contributed by atoms with Crippen molar-refractivity contribution in [3.8, 4) is 0 Å². The van der Waals surface area contributed by atoms with Crippen LogP contribution in [0.4, 0.5) is 0 Å². The fourth-order valence-electron chi connectivity index (χ4n) is 2.38. The number of rotatable bonds is 3. The largest absolute Gasteiger partial charge is 0.349 e. The number of aromatic amines is 1. The second-order valence-corrected chi connectivity index (χ2v) is 4.52. The zero-order valence-corrected chi connectivity index (χ0v) is 9.89. The van der Waals surface area contributed by atoms with Crippen LogP contribution >= 0.6 is 0 Å². The molecule has 0 bridgehead atoms. The fourth-order valence-corrected chi connectivity index (χ4v) is 2.38. The van der Waals surface area contributed by atoms with Gasteiger partial charge in [0.1, 0.15) is 12.2 Å². The first-order valence-electron chi connectivity index (χ1n) is 6.01. The number of carbonyl (C=O) groups excluding carboxylic acids is 1. The van der Waals surface area contributed by atoms with Crippen LogP contribution in [0.1, 0.15) is 17.0 Å². The molecule has 0 saturated carbocycles. The van der Waals surface area contributed by atoms with Crippen LogP contribution in [-0.4, -0.2) is 21.1 Å². The molecule has 5 heteroatoms. The standard InChI is InChI=1S/C13H14N4O/c18-13(14-7-12-15-8-16-17-12)11-5-9-3-1-2-4-10(9)6-11/h1-4,8,11H,5-7H2,(H,14,18)(H,15,16,17). The van der Waals surface area contributed by atoms with E-state index in [1.165, 1.54) is 17.5 Å². The molecule has 0 atom stereocenters. The summed E-state index contributed by atoms with van der Waals surface area (Å²) in [5.41, 5.74) is 2.58. The lowest BCUT2D eigenvalue weighted by Crippen LogP contribution is -2.31. The predicted molar refractivity (Wildman–Crippen MR) is 65.6 cm³/mol. The lowest BCUT2D eigenvalue weighted by Gasteiger charge is -2.08. The minimum absolute atomic E-state index is 0.0466. The molecule has 1 aromatic heterocycles. The average Bonchev–Trinajstić information content (AvgIpc) is 3.04. The van der Waals surface area contributed by atoms with Crippen molar-refractivity contribution in [1.82, 2.24) is 20.5 Å². The third-order valence-electron chi connectivity index (χ3n) is 3.32. The summed E-state index contributed by atoms with van der Waals surface area (Å²) >= 11 is 0. The van der Waals surface area contributed by atoms with Gasteiger partial charge < -0.3 is 5.32 Å². The molecule has 1 aliphatic carbocycles. The van der Waals surface area contributed by atoms with Gasteiger partial charge in [-0.15, -0.1) is 0 Å². The Bertz CT molecular complexity index is 525. The van der Waals surface area contributed by atoms with E-state index in [-0.39, 0.29) is 11.8 Å². The topological polar surface area (TPSA) is 70.7 Å². The molecule has 92 valence electrons. The molecule has 0 unspecified atom stereocenters. The van der Waals surface area contributed by atoms with Crippen LogP contribution in [0.25, 0.3) is 0 Å². The van der Waals surface area contributed by atoms with Crippen molar-refractivity contribution >= 4 is 5.91 Å². The van der Waals surface area contributed by atoms with E-state index in [1.54, 1.807) is 0 Å². The first-order chi connectivity index (χ1) is 8.83. The molecule has 0 aliphatic heterocycles. The Hall–Kier alpha value is -2.17. The number of hydrogen-bond donors (Lipinski definition) is 2. The lowest BCUT2D eigenvalue weighted by atomic mass is 10.1. The Balaban J connectivity index is 1.59. The summed E-state index contributed by atoms with van der Waals surface area (Å²) in [6, 6.07) is 8.24. The van der Waals surface area contributed by atoms with Crippen molar-refractivity contribution in [2.45, 2.75) is 19.4 Å². The minimum atomic E-state index is 0.0466. The fraction of sp³-hybridized carbons (Fsp3) is 0.308. The maximum absolute atomic E-state index is 12.0. The molecule has 1 heterocycles. The van der Waals surface area contributed by atoms with E-state index in [9.17, 15) is 4.79 Å². The van der Waals surface area contributed by atoms with Crippen molar-refractivity contribution in [2.75, 3.05) is 0 Å². The van der Waals surface area contributed by atoms with Crippen molar-refractivity contribution in [2.24, 2.45) is 5.92 Å². The molecular formula is C13H14N4O. The molecule has 3 rings (SSSR count). The Morgan fingerprint density at radius 2 is 2.06 bits per heavy atom. The van der Waals surface area contributed by atoms with Crippen LogP contribution in [0.15, 0.2) is 30.6 Å². The summed E-state index contributed by atoms with van der Waals surface area (Å²) in [6.07, 6.45) is 3.10. The highest BCUT2D eigenvalue weighted by Crippen LogP contribution is 2.26. The number of H-pyrrole nitrogens is 1. The van der Waals surface area contributed by atoms with Crippen LogP contribution in [0.2, 0.25) is 0 Å². The van der Waals surface area contributed by atoms with E-state index in [2.05, 4.69) is 32.6 Å². The minimum Gasteiger partial charge on any atom is -0.349 e. The molecule has 1 aromatic carbocycles.